The van der Waals surface area contributed by atoms with E-state index in [0.717, 1.165) is 25.9 Å². The van der Waals surface area contributed by atoms with Crippen LogP contribution in [0.1, 0.15) is 49.3 Å². The molecule has 0 fully saturated rings. The maximum Gasteiger partial charge on any atom is 0.0354 e. The van der Waals surface area contributed by atoms with E-state index in [4.69, 9.17) is 11.5 Å². The molecule has 1 aromatic carbocycles. The molecule has 0 amide bonds. The summed E-state index contributed by atoms with van der Waals surface area (Å²) in [5.74, 6) is 0. The molecule has 0 bridgehead atoms. The van der Waals surface area contributed by atoms with Crippen molar-refractivity contribution in [1.82, 2.24) is 4.90 Å². The van der Waals surface area contributed by atoms with E-state index in [2.05, 4.69) is 29.2 Å². The molecule has 1 aliphatic carbocycles. The fourth-order valence-electron chi connectivity index (χ4n) is 3.26. The molecule has 3 heteroatoms. The summed E-state index contributed by atoms with van der Waals surface area (Å²) in [6, 6.07) is 9.55. The molecule has 0 saturated heterocycles. The first-order valence-electron chi connectivity index (χ1n) is 8.08. The highest BCUT2D eigenvalue weighted by Crippen LogP contribution is 2.35. The minimum Gasteiger partial charge on any atom is -0.330 e. The van der Waals surface area contributed by atoms with Crippen LogP contribution in [-0.2, 0) is 6.42 Å². The molecule has 0 aliphatic heterocycles. The van der Waals surface area contributed by atoms with Gasteiger partial charge < -0.3 is 11.5 Å². The zero-order valence-corrected chi connectivity index (χ0v) is 12.6. The lowest BCUT2D eigenvalue weighted by Crippen LogP contribution is -2.30. The first-order chi connectivity index (χ1) is 9.86. The number of benzene rings is 1. The number of aryl methyl sites for hydroxylation is 1. The van der Waals surface area contributed by atoms with Crippen molar-refractivity contribution in [2.24, 2.45) is 11.5 Å². The average Bonchev–Trinajstić information content (AvgIpc) is 2.90. The molecule has 2 rings (SSSR count). The third kappa shape index (κ3) is 4.05. The minimum absolute atomic E-state index is 0.613. The van der Waals surface area contributed by atoms with Gasteiger partial charge in [-0.15, -0.1) is 0 Å². The van der Waals surface area contributed by atoms with Crippen LogP contribution in [0.15, 0.2) is 24.3 Å². The van der Waals surface area contributed by atoms with Gasteiger partial charge in [0.05, 0.1) is 0 Å². The van der Waals surface area contributed by atoms with Crippen molar-refractivity contribution in [3.8, 4) is 0 Å². The predicted octanol–water partition coefficient (Wildman–Crippen LogP) is 2.45. The second kappa shape index (κ2) is 8.40. The Balaban J connectivity index is 1.98. The van der Waals surface area contributed by atoms with Gasteiger partial charge in [0.25, 0.3) is 0 Å². The molecule has 0 unspecified atom stereocenters. The molecule has 1 atom stereocenters. The van der Waals surface area contributed by atoms with Gasteiger partial charge in [0, 0.05) is 6.04 Å². The van der Waals surface area contributed by atoms with Crippen LogP contribution in [0.4, 0.5) is 0 Å². The summed E-state index contributed by atoms with van der Waals surface area (Å²) in [7, 11) is 0. The molecule has 3 nitrogen and oxygen atoms in total. The summed E-state index contributed by atoms with van der Waals surface area (Å²) in [6.45, 7) is 3.94. The van der Waals surface area contributed by atoms with E-state index < -0.39 is 0 Å². The number of hydrogen-bond acceptors (Lipinski definition) is 3. The maximum absolute atomic E-state index is 5.63. The Bertz CT molecular complexity index is 382. The summed E-state index contributed by atoms with van der Waals surface area (Å²) in [6.07, 6.45) is 7.16. The summed E-state index contributed by atoms with van der Waals surface area (Å²) in [4.78, 5) is 2.66. The van der Waals surface area contributed by atoms with Crippen molar-refractivity contribution in [1.29, 1.82) is 0 Å². The molecule has 1 aromatic rings. The molecule has 4 N–H and O–H groups in total. The molecule has 1 aliphatic rings. The van der Waals surface area contributed by atoms with E-state index in [1.165, 1.54) is 38.8 Å². The molecule has 112 valence electrons. The van der Waals surface area contributed by atoms with Gasteiger partial charge in [-0.1, -0.05) is 24.3 Å². The Hall–Kier alpha value is -0.900. The molecule has 0 spiro atoms. The number of rotatable bonds is 9. The van der Waals surface area contributed by atoms with Crippen LogP contribution in [0, 0.1) is 0 Å². The van der Waals surface area contributed by atoms with E-state index >= 15 is 0 Å². The predicted molar refractivity (Wildman–Crippen MR) is 85.7 cm³/mol. The first-order valence-corrected chi connectivity index (χ1v) is 8.08. The van der Waals surface area contributed by atoms with E-state index in [1.807, 2.05) is 0 Å². The number of fused-ring (bicyclic) bond motifs is 1. The Morgan fingerprint density at radius 3 is 2.25 bits per heavy atom. The molecule has 0 heterocycles. The lowest BCUT2D eigenvalue weighted by atomic mass is 10.1. The van der Waals surface area contributed by atoms with Gasteiger partial charge in [0.15, 0.2) is 0 Å². The van der Waals surface area contributed by atoms with E-state index in [-0.39, 0.29) is 0 Å². The lowest BCUT2D eigenvalue weighted by Gasteiger charge is -2.29. The zero-order valence-electron chi connectivity index (χ0n) is 12.6. The third-order valence-electron chi connectivity index (χ3n) is 4.34. The topological polar surface area (TPSA) is 55.3 Å². The molecular formula is C17H29N3. The van der Waals surface area contributed by atoms with E-state index in [1.54, 1.807) is 11.1 Å². The molecule has 0 aromatic heterocycles. The number of nitrogens with two attached hydrogens (primary N) is 2. The maximum atomic E-state index is 5.63. The Kier molecular flexibility index (Phi) is 6.51. The van der Waals surface area contributed by atoms with Crippen LogP contribution >= 0.6 is 0 Å². The highest BCUT2D eigenvalue weighted by Gasteiger charge is 2.26. The normalized spacial score (nSPS) is 17.6. The van der Waals surface area contributed by atoms with Gasteiger partial charge in [-0.2, -0.15) is 0 Å². The van der Waals surface area contributed by atoms with Gasteiger partial charge >= 0.3 is 0 Å². The van der Waals surface area contributed by atoms with Crippen molar-refractivity contribution in [2.75, 3.05) is 26.2 Å². The van der Waals surface area contributed by atoms with Crippen LogP contribution in [-0.4, -0.2) is 31.1 Å². The standard InChI is InChI=1S/C17H29N3/c18-11-3-5-13-20(14-6-4-12-19)17-10-9-15-7-1-2-8-16(15)17/h1-2,7-8,17H,3-6,9-14,18-19H2/t17-/m1/s1. The molecule has 0 saturated carbocycles. The average molecular weight is 275 g/mol. The second-order valence-electron chi connectivity index (χ2n) is 5.78. The van der Waals surface area contributed by atoms with Gasteiger partial charge in [-0.3, -0.25) is 4.90 Å². The van der Waals surface area contributed by atoms with E-state index in [9.17, 15) is 0 Å². The van der Waals surface area contributed by atoms with Crippen molar-refractivity contribution in [2.45, 2.75) is 44.6 Å². The number of nitrogens with zero attached hydrogens (tertiary/aromatic N) is 1. The summed E-state index contributed by atoms with van der Waals surface area (Å²) < 4.78 is 0. The SMILES string of the molecule is NCCCCN(CCCCN)[C@@H]1CCc2ccccc21. The molecule has 0 radical (unpaired) electrons. The van der Waals surface area contributed by atoms with Crippen molar-refractivity contribution in [3.05, 3.63) is 35.4 Å². The summed E-state index contributed by atoms with van der Waals surface area (Å²) in [5, 5.41) is 0. The quantitative estimate of drug-likeness (QED) is 0.681. The van der Waals surface area contributed by atoms with Crippen LogP contribution in [0.25, 0.3) is 0 Å². The third-order valence-corrected chi connectivity index (χ3v) is 4.34. The van der Waals surface area contributed by atoms with Gasteiger partial charge in [0.2, 0.25) is 0 Å². The van der Waals surface area contributed by atoms with Crippen LogP contribution in [0.2, 0.25) is 0 Å². The lowest BCUT2D eigenvalue weighted by molar-refractivity contribution is 0.190. The largest absolute Gasteiger partial charge is 0.330 e. The van der Waals surface area contributed by atoms with Crippen LogP contribution in [0.5, 0.6) is 0 Å². The summed E-state index contributed by atoms with van der Waals surface area (Å²) >= 11 is 0. The van der Waals surface area contributed by atoms with Gasteiger partial charge in [-0.25, -0.2) is 0 Å². The number of unbranched alkanes of at least 4 members (excludes halogenated alkanes) is 2. The second-order valence-corrected chi connectivity index (χ2v) is 5.78. The fraction of sp³-hybridized carbons (Fsp3) is 0.647. The molecule has 20 heavy (non-hydrogen) atoms. The highest BCUT2D eigenvalue weighted by atomic mass is 15.2. The highest BCUT2D eigenvalue weighted by molar-refractivity contribution is 5.34. The van der Waals surface area contributed by atoms with Gasteiger partial charge in [-0.05, 0) is 75.8 Å². The van der Waals surface area contributed by atoms with Gasteiger partial charge in [0.1, 0.15) is 0 Å². The first kappa shape index (κ1) is 15.5. The van der Waals surface area contributed by atoms with Crippen LogP contribution < -0.4 is 11.5 Å². The Labute approximate surface area is 123 Å². The number of hydrogen-bond donors (Lipinski definition) is 2. The van der Waals surface area contributed by atoms with Crippen LogP contribution in [0.3, 0.4) is 0 Å². The van der Waals surface area contributed by atoms with E-state index in [0.29, 0.717) is 6.04 Å². The zero-order chi connectivity index (χ0) is 14.2. The smallest absolute Gasteiger partial charge is 0.0354 e. The Morgan fingerprint density at radius 1 is 0.950 bits per heavy atom. The van der Waals surface area contributed by atoms with Crippen molar-refractivity contribution in [3.63, 3.8) is 0 Å². The van der Waals surface area contributed by atoms with Crippen molar-refractivity contribution >= 4 is 0 Å². The Morgan fingerprint density at radius 2 is 1.60 bits per heavy atom. The fourth-order valence-corrected chi connectivity index (χ4v) is 3.26. The summed E-state index contributed by atoms with van der Waals surface area (Å²) in [5.41, 5.74) is 14.4. The van der Waals surface area contributed by atoms with Crippen molar-refractivity contribution < 1.29 is 0 Å². The monoisotopic (exact) mass is 275 g/mol. The minimum atomic E-state index is 0.613. The molecular weight excluding hydrogens is 246 g/mol.